The van der Waals surface area contributed by atoms with Gasteiger partial charge in [-0.15, -0.1) is 0 Å². The zero-order chi connectivity index (χ0) is 30.5. The van der Waals surface area contributed by atoms with Crippen molar-refractivity contribution in [2.75, 3.05) is 13.2 Å². The highest BCUT2D eigenvalue weighted by molar-refractivity contribution is 4.94. The Labute approximate surface area is 268 Å². The van der Waals surface area contributed by atoms with E-state index in [0.29, 0.717) is 6.61 Å². The quantitative estimate of drug-likeness (QED) is 0.0662. The van der Waals surface area contributed by atoms with Crippen LogP contribution in [-0.2, 0) is 14.2 Å². The molecule has 2 unspecified atom stereocenters. The molecule has 0 N–H and O–H groups in total. The van der Waals surface area contributed by atoms with Gasteiger partial charge in [-0.3, -0.25) is 0 Å². The molecule has 2 aliphatic heterocycles. The predicted molar refractivity (Wildman–Crippen MR) is 187 cm³/mol. The number of rotatable bonds is 28. The van der Waals surface area contributed by atoms with Crippen LogP contribution in [0.3, 0.4) is 0 Å². The van der Waals surface area contributed by atoms with Gasteiger partial charge in [-0.25, -0.2) is 0 Å². The van der Waals surface area contributed by atoms with Gasteiger partial charge in [0.1, 0.15) is 6.61 Å². The molecular formula is C40H70O3. The largest absolute Gasteiger partial charge is 0.376 e. The molecule has 2 aliphatic rings. The second kappa shape index (κ2) is 27.2. The first kappa shape index (κ1) is 38.0. The Hall–Kier alpha value is -1.16. The van der Waals surface area contributed by atoms with Crippen LogP contribution in [-0.4, -0.2) is 31.2 Å². The van der Waals surface area contributed by atoms with Crippen molar-refractivity contribution in [3.63, 3.8) is 0 Å². The molecule has 3 heteroatoms. The first-order chi connectivity index (χ1) is 21.3. The lowest BCUT2D eigenvalue weighted by Gasteiger charge is -2.20. The van der Waals surface area contributed by atoms with E-state index in [2.05, 4.69) is 62.5 Å². The van der Waals surface area contributed by atoms with Gasteiger partial charge in [0.2, 0.25) is 0 Å². The van der Waals surface area contributed by atoms with Crippen LogP contribution < -0.4 is 0 Å². The molecule has 0 amide bonds. The topological polar surface area (TPSA) is 27.7 Å². The van der Waals surface area contributed by atoms with Crippen LogP contribution in [0.15, 0.2) is 48.6 Å². The molecule has 0 radical (unpaired) electrons. The Morgan fingerprint density at radius 1 is 0.488 bits per heavy atom. The third-order valence-corrected chi connectivity index (χ3v) is 8.97. The van der Waals surface area contributed by atoms with Crippen LogP contribution in [0.25, 0.3) is 0 Å². The van der Waals surface area contributed by atoms with Gasteiger partial charge in [0, 0.05) is 6.42 Å². The molecule has 3 nitrogen and oxygen atoms in total. The van der Waals surface area contributed by atoms with Crippen LogP contribution in [0.2, 0.25) is 0 Å². The highest BCUT2D eigenvalue weighted by Gasteiger charge is 2.49. The summed E-state index contributed by atoms with van der Waals surface area (Å²) >= 11 is 0. The fourth-order valence-corrected chi connectivity index (χ4v) is 6.25. The van der Waals surface area contributed by atoms with Crippen molar-refractivity contribution in [1.82, 2.24) is 0 Å². The molecule has 2 saturated heterocycles. The normalized spacial score (nSPS) is 22.7. The molecule has 43 heavy (non-hydrogen) atoms. The fraction of sp³-hybridized carbons (Fsp3) is 0.800. The summed E-state index contributed by atoms with van der Waals surface area (Å²) in [5.41, 5.74) is 0. The van der Waals surface area contributed by atoms with E-state index in [1.807, 2.05) is 0 Å². The summed E-state index contributed by atoms with van der Waals surface area (Å²) in [4.78, 5) is 0. The van der Waals surface area contributed by atoms with Crippen LogP contribution in [0.1, 0.15) is 174 Å². The molecule has 2 rings (SSSR count). The third kappa shape index (κ3) is 19.8. The lowest BCUT2D eigenvalue weighted by molar-refractivity contribution is -0.173. The molecular weight excluding hydrogens is 528 g/mol. The minimum absolute atomic E-state index is 0.255. The molecule has 2 fully saturated rings. The molecule has 0 aromatic heterocycles. The molecule has 0 aromatic rings. The summed E-state index contributed by atoms with van der Waals surface area (Å²) in [6.45, 7) is 5.92. The summed E-state index contributed by atoms with van der Waals surface area (Å²) in [5.74, 6) is -0.441. The Balaban J connectivity index is 1.48. The predicted octanol–water partition coefficient (Wildman–Crippen LogP) is 12.5. The Bertz CT molecular complexity index is 674. The number of unbranched alkanes of at least 4 members (excludes halogenated alkanes) is 16. The number of hydrogen-bond acceptors (Lipinski definition) is 3. The van der Waals surface area contributed by atoms with Crippen LogP contribution >= 0.6 is 0 Å². The fourth-order valence-electron chi connectivity index (χ4n) is 6.25. The minimum Gasteiger partial charge on any atom is -0.376 e. The monoisotopic (exact) mass is 599 g/mol. The van der Waals surface area contributed by atoms with Crippen LogP contribution in [0.4, 0.5) is 0 Å². The average Bonchev–Trinajstić information content (AvgIpc) is 3.62. The van der Waals surface area contributed by atoms with Gasteiger partial charge >= 0.3 is 0 Å². The van der Waals surface area contributed by atoms with E-state index >= 15 is 0 Å². The Morgan fingerprint density at radius 2 is 0.884 bits per heavy atom. The molecule has 2 atom stereocenters. The van der Waals surface area contributed by atoms with E-state index in [1.165, 1.54) is 128 Å². The maximum Gasteiger partial charge on any atom is 0.194 e. The number of ether oxygens (including phenoxy) is 3. The van der Waals surface area contributed by atoms with Gasteiger partial charge < -0.3 is 14.2 Å². The first-order valence-electron chi connectivity index (χ1n) is 18.8. The zero-order valence-electron chi connectivity index (χ0n) is 28.6. The first-order valence-corrected chi connectivity index (χ1v) is 18.8. The van der Waals surface area contributed by atoms with Crippen molar-refractivity contribution in [1.29, 1.82) is 0 Å². The van der Waals surface area contributed by atoms with E-state index in [9.17, 15) is 0 Å². The van der Waals surface area contributed by atoms with E-state index < -0.39 is 5.79 Å². The second-order valence-electron chi connectivity index (χ2n) is 13.1. The van der Waals surface area contributed by atoms with Crippen LogP contribution in [0, 0.1) is 0 Å². The van der Waals surface area contributed by atoms with Crippen molar-refractivity contribution >= 4 is 0 Å². The third-order valence-electron chi connectivity index (χ3n) is 8.97. The SMILES string of the molecule is CCCCC/C=C\C/C=C\CCCCCCCC1OC2(CCOC2)OC1CCCCCCC/C=C\C/C=C\CCCCC. The molecule has 0 aliphatic carbocycles. The summed E-state index contributed by atoms with van der Waals surface area (Å²) in [5, 5.41) is 0. The summed E-state index contributed by atoms with van der Waals surface area (Å²) in [7, 11) is 0. The molecule has 1 spiro atoms. The maximum absolute atomic E-state index is 6.54. The van der Waals surface area contributed by atoms with Gasteiger partial charge in [0.25, 0.3) is 0 Å². The van der Waals surface area contributed by atoms with Crippen molar-refractivity contribution in [3.05, 3.63) is 48.6 Å². The Kier molecular flexibility index (Phi) is 24.0. The van der Waals surface area contributed by atoms with E-state index in [-0.39, 0.29) is 12.2 Å². The number of hydrogen-bond donors (Lipinski definition) is 0. The van der Waals surface area contributed by atoms with E-state index in [4.69, 9.17) is 14.2 Å². The van der Waals surface area contributed by atoms with Gasteiger partial charge in [0.15, 0.2) is 5.79 Å². The highest BCUT2D eigenvalue weighted by Crippen LogP contribution is 2.39. The summed E-state index contributed by atoms with van der Waals surface area (Å²) in [6, 6.07) is 0. The lowest BCUT2D eigenvalue weighted by Crippen LogP contribution is -2.31. The van der Waals surface area contributed by atoms with Gasteiger partial charge in [-0.1, -0.05) is 140 Å². The van der Waals surface area contributed by atoms with Crippen molar-refractivity contribution in [3.8, 4) is 0 Å². The zero-order valence-corrected chi connectivity index (χ0v) is 28.6. The summed E-state index contributed by atoms with van der Waals surface area (Å²) < 4.78 is 18.8. The van der Waals surface area contributed by atoms with E-state index in [0.717, 1.165) is 38.7 Å². The smallest absolute Gasteiger partial charge is 0.194 e. The second-order valence-corrected chi connectivity index (χ2v) is 13.1. The molecule has 0 bridgehead atoms. The minimum atomic E-state index is -0.441. The van der Waals surface area contributed by atoms with Gasteiger partial charge in [0.05, 0.1) is 18.8 Å². The highest BCUT2D eigenvalue weighted by atomic mass is 16.8. The van der Waals surface area contributed by atoms with Crippen molar-refractivity contribution in [2.24, 2.45) is 0 Å². The van der Waals surface area contributed by atoms with E-state index in [1.54, 1.807) is 0 Å². The van der Waals surface area contributed by atoms with Gasteiger partial charge in [-0.05, 0) is 77.0 Å². The van der Waals surface area contributed by atoms with Crippen molar-refractivity contribution in [2.45, 2.75) is 192 Å². The molecule has 0 aromatic carbocycles. The summed E-state index contributed by atoms with van der Waals surface area (Å²) in [6.07, 6.45) is 50.7. The number of allylic oxidation sites excluding steroid dienone is 8. The van der Waals surface area contributed by atoms with Gasteiger partial charge in [-0.2, -0.15) is 0 Å². The van der Waals surface area contributed by atoms with Crippen molar-refractivity contribution < 1.29 is 14.2 Å². The standard InChI is InChI=1S/C40H70O3/c1-3-5-7-9-11-13-15-17-19-21-23-25-27-29-31-33-38-39(43-40(42-38)35-36-41-37-40)34-32-30-28-26-24-22-20-18-16-14-12-10-8-6-4-2/h11-14,17-20,38-39H,3-10,15-16,21-37H2,1-2H3/b13-11-,14-12-,19-17-,20-18-. The molecule has 2 heterocycles. The maximum atomic E-state index is 6.54. The molecule has 248 valence electrons. The van der Waals surface area contributed by atoms with Crippen LogP contribution in [0.5, 0.6) is 0 Å². The molecule has 0 saturated carbocycles. The average molecular weight is 599 g/mol. The lowest BCUT2D eigenvalue weighted by atomic mass is 9.99. The Morgan fingerprint density at radius 3 is 1.28 bits per heavy atom.